The molecule has 4 nitrogen and oxygen atoms in total. The van der Waals surface area contributed by atoms with E-state index in [1.165, 1.54) is 0 Å². The van der Waals surface area contributed by atoms with Gasteiger partial charge in [0.05, 0.1) is 0 Å². The van der Waals surface area contributed by atoms with Crippen molar-refractivity contribution < 1.29 is 15.0 Å². The molecule has 0 aliphatic heterocycles. The highest BCUT2D eigenvalue weighted by molar-refractivity contribution is 5.82. The first-order chi connectivity index (χ1) is 4.11. The zero-order valence-corrected chi connectivity index (χ0v) is 4.87. The molecule has 0 unspecified atom stereocenters. The molecule has 0 saturated heterocycles. The lowest BCUT2D eigenvalue weighted by atomic mass is 10.2. The van der Waals surface area contributed by atoms with Gasteiger partial charge in [0.25, 0.3) is 0 Å². The highest BCUT2D eigenvalue weighted by atomic mass is 16.4. The number of carboxylic acid groups (broad SMARTS) is 1. The van der Waals surface area contributed by atoms with Crippen molar-refractivity contribution >= 4 is 5.97 Å². The van der Waals surface area contributed by atoms with Crippen LogP contribution in [0.5, 0.6) is 0 Å². The second-order valence-corrected chi connectivity index (χ2v) is 2.43. The van der Waals surface area contributed by atoms with Crippen molar-refractivity contribution in [3.8, 4) is 0 Å². The van der Waals surface area contributed by atoms with Crippen molar-refractivity contribution in [1.82, 2.24) is 0 Å². The molecule has 0 radical (unpaired) electrons. The van der Waals surface area contributed by atoms with Gasteiger partial charge in [-0.1, -0.05) is 0 Å². The Bertz CT molecular complexity index is 147. The molecule has 2 atom stereocenters. The minimum Gasteiger partial charge on any atom is -0.480 e. The van der Waals surface area contributed by atoms with Gasteiger partial charge in [-0.25, -0.2) is 0 Å². The quantitative estimate of drug-likeness (QED) is 0.438. The molecule has 4 N–H and O–H groups in total. The molecule has 0 heterocycles. The maximum Gasteiger partial charge on any atom is 0.324 e. The summed E-state index contributed by atoms with van der Waals surface area (Å²) in [6.07, 6.45) is 0.402. The van der Waals surface area contributed by atoms with E-state index in [0.29, 0.717) is 6.42 Å². The van der Waals surface area contributed by atoms with Crippen LogP contribution in [0.3, 0.4) is 0 Å². The van der Waals surface area contributed by atoms with Crippen molar-refractivity contribution in [3.63, 3.8) is 0 Å². The van der Waals surface area contributed by atoms with Crippen molar-refractivity contribution in [2.24, 2.45) is 11.7 Å². The summed E-state index contributed by atoms with van der Waals surface area (Å²) in [5, 5.41) is 16.8. The lowest BCUT2D eigenvalue weighted by molar-refractivity contribution is -0.140. The Morgan fingerprint density at radius 3 is 2.56 bits per heavy atom. The Hall–Kier alpha value is -0.610. The molecule has 1 aliphatic rings. The number of carboxylic acids is 1. The molecule has 4 heteroatoms. The first-order valence-electron chi connectivity index (χ1n) is 2.74. The van der Waals surface area contributed by atoms with E-state index in [1.807, 2.05) is 0 Å². The topological polar surface area (TPSA) is 83.6 Å². The van der Waals surface area contributed by atoms with Crippen LogP contribution < -0.4 is 5.73 Å². The molecule has 1 aliphatic carbocycles. The van der Waals surface area contributed by atoms with Gasteiger partial charge < -0.3 is 15.9 Å². The molecule has 0 bridgehead atoms. The number of carbonyl (C=O) groups is 1. The smallest absolute Gasteiger partial charge is 0.324 e. The van der Waals surface area contributed by atoms with E-state index < -0.39 is 11.5 Å². The van der Waals surface area contributed by atoms with Crippen LogP contribution in [0.4, 0.5) is 0 Å². The molecular formula is C5H9NO3. The lowest BCUT2D eigenvalue weighted by Gasteiger charge is -2.00. The summed E-state index contributed by atoms with van der Waals surface area (Å²) < 4.78 is 0. The number of rotatable bonds is 2. The van der Waals surface area contributed by atoms with Gasteiger partial charge in [0.15, 0.2) is 0 Å². The van der Waals surface area contributed by atoms with Crippen LogP contribution >= 0.6 is 0 Å². The Labute approximate surface area is 52.3 Å². The van der Waals surface area contributed by atoms with Gasteiger partial charge in [-0.15, -0.1) is 0 Å². The van der Waals surface area contributed by atoms with Crippen LogP contribution in [0.25, 0.3) is 0 Å². The number of hydrogen-bond donors (Lipinski definition) is 3. The fraction of sp³-hybridized carbons (Fsp3) is 0.800. The average Bonchev–Trinajstić information content (AvgIpc) is 2.44. The molecule has 0 amide bonds. The molecule has 1 saturated carbocycles. The van der Waals surface area contributed by atoms with E-state index >= 15 is 0 Å². The maximum absolute atomic E-state index is 10.2. The van der Waals surface area contributed by atoms with Gasteiger partial charge in [-0.2, -0.15) is 0 Å². The normalized spacial score (nSPS) is 40.4. The van der Waals surface area contributed by atoms with Gasteiger partial charge >= 0.3 is 5.97 Å². The summed E-state index contributed by atoms with van der Waals surface area (Å²) in [6.45, 7) is -0.122. The SMILES string of the molecule is N[C@@]1(C(=O)O)C[C@@H]1CO. The number of aliphatic carboxylic acids is 1. The fourth-order valence-electron chi connectivity index (χ4n) is 0.838. The monoisotopic (exact) mass is 131 g/mol. The maximum atomic E-state index is 10.2. The van der Waals surface area contributed by atoms with Crippen molar-refractivity contribution in [1.29, 1.82) is 0 Å². The van der Waals surface area contributed by atoms with E-state index in [2.05, 4.69) is 0 Å². The largest absolute Gasteiger partial charge is 0.480 e. The van der Waals surface area contributed by atoms with Gasteiger partial charge in [-0.05, 0) is 6.42 Å². The summed E-state index contributed by atoms with van der Waals surface area (Å²) in [7, 11) is 0. The van der Waals surface area contributed by atoms with Crippen LogP contribution in [-0.2, 0) is 4.79 Å². The first kappa shape index (κ1) is 6.51. The van der Waals surface area contributed by atoms with E-state index in [-0.39, 0.29) is 12.5 Å². The minimum atomic E-state index is -1.12. The Morgan fingerprint density at radius 1 is 1.89 bits per heavy atom. The molecule has 52 valence electrons. The standard InChI is InChI=1S/C5H9NO3/c6-5(4(8)9)1-3(5)2-7/h3,7H,1-2,6H2,(H,8,9)/t3-,5+/m1/s1. The van der Waals surface area contributed by atoms with Gasteiger partial charge in [0.2, 0.25) is 0 Å². The number of aliphatic hydroxyl groups is 1. The molecule has 0 aromatic carbocycles. The van der Waals surface area contributed by atoms with E-state index in [4.69, 9.17) is 15.9 Å². The molecule has 1 rings (SSSR count). The lowest BCUT2D eigenvalue weighted by Crippen LogP contribution is -2.35. The summed E-state index contributed by atoms with van der Waals surface area (Å²) in [5.41, 5.74) is 4.17. The third-order valence-corrected chi connectivity index (χ3v) is 1.77. The van der Waals surface area contributed by atoms with E-state index in [1.54, 1.807) is 0 Å². The Kier molecular flexibility index (Phi) is 1.22. The Morgan fingerprint density at radius 2 is 2.44 bits per heavy atom. The predicted molar refractivity (Wildman–Crippen MR) is 29.7 cm³/mol. The van der Waals surface area contributed by atoms with E-state index in [0.717, 1.165) is 0 Å². The van der Waals surface area contributed by atoms with Gasteiger partial charge in [-0.3, -0.25) is 4.79 Å². The van der Waals surface area contributed by atoms with Crippen LogP contribution in [0.1, 0.15) is 6.42 Å². The molecule has 0 aromatic heterocycles. The summed E-state index contributed by atoms with van der Waals surface area (Å²) >= 11 is 0. The third-order valence-electron chi connectivity index (χ3n) is 1.77. The van der Waals surface area contributed by atoms with Gasteiger partial charge in [0.1, 0.15) is 5.54 Å². The first-order valence-corrected chi connectivity index (χ1v) is 2.74. The minimum absolute atomic E-state index is 0.122. The van der Waals surface area contributed by atoms with Crippen LogP contribution in [0.15, 0.2) is 0 Å². The summed E-state index contributed by atoms with van der Waals surface area (Å²) in [5.74, 6) is -1.24. The number of nitrogens with two attached hydrogens (primary N) is 1. The second kappa shape index (κ2) is 1.68. The fourth-order valence-corrected chi connectivity index (χ4v) is 0.838. The van der Waals surface area contributed by atoms with Gasteiger partial charge in [0, 0.05) is 12.5 Å². The highest BCUT2D eigenvalue weighted by Crippen LogP contribution is 2.40. The zero-order chi connectivity index (χ0) is 7.07. The summed E-state index contributed by atoms with van der Waals surface area (Å²) in [6, 6.07) is 0. The Balaban J connectivity index is 2.52. The third kappa shape index (κ3) is 0.799. The van der Waals surface area contributed by atoms with E-state index in [9.17, 15) is 4.79 Å². The molecular weight excluding hydrogens is 122 g/mol. The van der Waals surface area contributed by atoms with Crippen LogP contribution in [0.2, 0.25) is 0 Å². The number of aliphatic hydroxyl groups excluding tert-OH is 1. The molecule has 1 fully saturated rings. The second-order valence-electron chi connectivity index (χ2n) is 2.43. The zero-order valence-electron chi connectivity index (χ0n) is 4.87. The highest BCUT2D eigenvalue weighted by Gasteiger charge is 2.57. The van der Waals surface area contributed by atoms with Crippen molar-refractivity contribution in [3.05, 3.63) is 0 Å². The number of hydrogen-bond acceptors (Lipinski definition) is 3. The van der Waals surface area contributed by atoms with Crippen molar-refractivity contribution in [2.45, 2.75) is 12.0 Å². The molecule has 9 heavy (non-hydrogen) atoms. The van der Waals surface area contributed by atoms with Crippen molar-refractivity contribution in [2.75, 3.05) is 6.61 Å². The average molecular weight is 131 g/mol. The summed E-state index contributed by atoms with van der Waals surface area (Å²) in [4.78, 5) is 10.2. The van der Waals surface area contributed by atoms with Crippen LogP contribution in [-0.4, -0.2) is 28.3 Å². The molecule has 0 spiro atoms. The molecule has 0 aromatic rings. The predicted octanol–water partition coefficient (Wildman–Crippen LogP) is -1.22. The van der Waals surface area contributed by atoms with Crippen LogP contribution in [0, 0.1) is 5.92 Å².